The highest BCUT2D eigenvalue weighted by molar-refractivity contribution is 5.88. The van der Waals surface area contributed by atoms with Crippen LogP contribution in [0, 0.1) is 34.7 Å². The molecular formula is C21H25F3O5. The van der Waals surface area contributed by atoms with Gasteiger partial charge in [0.25, 0.3) is 0 Å². The molecule has 160 valence electrons. The lowest BCUT2D eigenvalue weighted by atomic mass is 10.0. The number of carbonyl (C=O) groups is 2. The Bertz CT molecular complexity index is 861. The molecule has 0 radical (unpaired) electrons. The van der Waals surface area contributed by atoms with E-state index in [9.17, 15) is 22.8 Å². The number of methoxy groups -OCH3 is 2. The highest BCUT2D eigenvalue weighted by atomic mass is 19.2. The monoisotopic (exact) mass is 414 g/mol. The zero-order valence-electron chi connectivity index (χ0n) is 17.3. The van der Waals surface area contributed by atoms with Crippen molar-refractivity contribution < 1.29 is 37.0 Å². The molecule has 0 unspecified atom stereocenters. The van der Waals surface area contributed by atoms with Crippen LogP contribution in [-0.2, 0) is 32.1 Å². The van der Waals surface area contributed by atoms with E-state index in [-0.39, 0.29) is 23.5 Å². The number of benzene rings is 1. The minimum atomic E-state index is -1.46. The fourth-order valence-electron chi connectivity index (χ4n) is 3.60. The summed E-state index contributed by atoms with van der Waals surface area (Å²) in [5.41, 5.74) is -0.580. The maximum absolute atomic E-state index is 14.4. The van der Waals surface area contributed by atoms with Gasteiger partial charge in [-0.15, -0.1) is 0 Å². The van der Waals surface area contributed by atoms with Crippen molar-refractivity contribution >= 4 is 11.9 Å². The number of rotatable bonds is 7. The summed E-state index contributed by atoms with van der Waals surface area (Å²) in [4.78, 5) is 24.1. The first-order valence-corrected chi connectivity index (χ1v) is 9.18. The third kappa shape index (κ3) is 4.11. The summed E-state index contributed by atoms with van der Waals surface area (Å²) >= 11 is 0. The minimum absolute atomic E-state index is 0.0604. The van der Waals surface area contributed by atoms with E-state index in [1.165, 1.54) is 7.11 Å². The first-order chi connectivity index (χ1) is 13.5. The molecule has 1 aliphatic rings. The van der Waals surface area contributed by atoms with Crippen LogP contribution in [0.1, 0.15) is 38.8 Å². The van der Waals surface area contributed by atoms with Gasteiger partial charge in [-0.05, 0) is 24.7 Å². The zero-order valence-corrected chi connectivity index (χ0v) is 17.3. The number of carbonyl (C=O) groups excluding carboxylic acids is 2. The lowest BCUT2D eigenvalue weighted by Gasteiger charge is -2.15. The Morgan fingerprint density at radius 3 is 2.21 bits per heavy atom. The van der Waals surface area contributed by atoms with Crippen molar-refractivity contribution in [1.29, 1.82) is 0 Å². The molecule has 2 atom stereocenters. The van der Waals surface area contributed by atoms with Crippen LogP contribution in [-0.4, -0.2) is 26.2 Å². The topological polar surface area (TPSA) is 61.8 Å². The smallest absolute Gasteiger partial charge is 0.333 e. The Morgan fingerprint density at radius 2 is 1.69 bits per heavy atom. The van der Waals surface area contributed by atoms with Crippen LogP contribution >= 0.6 is 0 Å². The van der Waals surface area contributed by atoms with Crippen LogP contribution in [0.5, 0.6) is 5.75 Å². The predicted octanol–water partition coefficient (Wildman–Crippen LogP) is 4.11. The first kappa shape index (κ1) is 22.8. The first-order valence-electron chi connectivity index (χ1n) is 9.18. The Labute approximate surface area is 167 Å². The van der Waals surface area contributed by atoms with Crippen molar-refractivity contribution in [3.05, 3.63) is 40.2 Å². The fraction of sp³-hybridized carbons (Fsp3) is 0.524. The lowest BCUT2D eigenvalue weighted by Crippen LogP contribution is -2.14. The Hall–Kier alpha value is -2.51. The summed E-state index contributed by atoms with van der Waals surface area (Å²) in [7, 11) is 2.30. The number of halogens is 3. The van der Waals surface area contributed by atoms with E-state index in [1.807, 2.05) is 13.8 Å². The van der Waals surface area contributed by atoms with Crippen LogP contribution in [0.15, 0.2) is 11.6 Å². The van der Waals surface area contributed by atoms with Gasteiger partial charge in [0, 0.05) is 16.7 Å². The highest BCUT2D eigenvalue weighted by Gasteiger charge is 2.61. The molecule has 1 aromatic rings. The normalized spacial score (nSPS) is 20.2. The Balaban J connectivity index is 2.21. The number of allylic oxidation sites excluding steroid dienone is 1. The second-order valence-corrected chi connectivity index (χ2v) is 7.56. The van der Waals surface area contributed by atoms with Crippen molar-refractivity contribution in [3.63, 3.8) is 0 Å². The SMILES string of the molecule is CCc1c(F)c(OC)c(F)c(F)c1COC(=O)[C@@H]1[C@@H](/C=C(\C)C(=O)OC)C1(C)C. The van der Waals surface area contributed by atoms with Gasteiger partial charge < -0.3 is 14.2 Å². The van der Waals surface area contributed by atoms with Gasteiger partial charge in [-0.25, -0.2) is 13.6 Å². The second kappa shape index (κ2) is 8.47. The molecule has 5 nitrogen and oxygen atoms in total. The van der Waals surface area contributed by atoms with E-state index in [4.69, 9.17) is 4.74 Å². The molecule has 1 saturated carbocycles. The molecule has 0 N–H and O–H groups in total. The average Bonchev–Trinajstić information content (AvgIpc) is 3.22. The average molecular weight is 414 g/mol. The van der Waals surface area contributed by atoms with E-state index < -0.39 is 53.1 Å². The number of hydrogen-bond donors (Lipinski definition) is 0. The van der Waals surface area contributed by atoms with Crippen molar-refractivity contribution in [3.8, 4) is 5.75 Å². The minimum Gasteiger partial charge on any atom is -0.491 e. The zero-order chi connectivity index (χ0) is 22.1. The maximum atomic E-state index is 14.4. The predicted molar refractivity (Wildman–Crippen MR) is 98.6 cm³/mol. The molecular weight excluding hydrogens is 389 g/mol. The van der Waals surface area contributed by atoms with E-state index >= 15 is 0 Å². The van der Waals surface area contributed by atoms with Gasteiger partial charge in [-0.2, -0.15) is 4.39 Å². The standard InChI is InChI=1S/C21H25F3O5/c1-7-11-12(15(22)17(24)18(27-5)16(11)23)9-29-20(26)14-13(21(14,3)4)8-10(2)19(25)28-6/h8,13-14H,7,9H2,1-6H3/b10-8+/t13-,14+/m1/s1. The van der Waals surface area contributed by atoms with E-state index in [1.54, 1.807) is 19.9 Å². The van der Waals surface area contributed by atoms with Gasteiger partial charge in [0.1, 0.15) is 6.61 Å². The van der Waals surface area contributed by atoms with E-state index in [2.05, 4.69) is 9.47 Å². The third-order valence-electron chi connectivity index (χ3n) is 5.50. The molecule has 0 bridgehead atoms. The number of hydrogen-bond acceptors (Lipinski definition) is 5. The fourth-order valence-corrected chi connectivity index (χ4v) is 3.60. The van der Waals surface area contributed by atoms with Gasteiger partial charge in [0.05, 0.1) is 20.1 Å². The van der Waals surface area contributed by atoms with Crippen LogP contribution in [0.3, 0.4) is 0 Å². The van der Waals surface area contributed by atoms with Gasteiger partial charge in [-0.3, -0.25) is 4.79 Å². The molecule has 0 aromatic heterocycles. The maximum Gasteiger partial charge on any atom is 0.333 e. The summed E-state index contributed by atoms with van der Waals surface area (Å²) in [6.45, 7) is 6.20. The summed E-state index contributed by atoms with van der Waals surface area (Å²) < 4.78 is 57.3. The van der Waals surface area contributed by atoms with Crippen LogP contribution < -0.4 is 4.74 Å². The number of ether oxygens (including phenoxy) is 3. The van der Waals surface area contributed by atoms with Crippen molar-refractivity contribution in [2.24, 2.45) is 17.3 Å². The van der Waals surface area contributed by atoms with Crippen molar-refractivity contribution in [2.75, 3.05) is 14.2 Å². The van der Waals surface area contributed by atoms with Crippen LogP contribution in [0.25, 0.3) is 0 Å². The molecule has 1 aromatic carbocycles. The molecule has 0 aliphatic heterocycles. The molecule has 8 heteroatoms. The molecule has 29 heavy (non-hydrogen) atoms. The van der Waals surface area contributed by atoms with E-state index in [0.29, 0.717) is 5.57 Å². The largest absolute Gasteiger partial charge is 0.491 e. The summed E-state index contributed by atoms with van der Waals surface area (Å²) in [5.74, 6) is -6.55. The van der Waals surface area contributed by atoms with Gasteiger partial charge in [0.15, 0.2) is 17.4 Å². The van der Waals surface area contributed by atoms with E-state index in [0.717, 1.165) is 7.11 Å². The molecule has 0 amide bonds. The molecule has 2 rings (SSSR count). The number of esters is 2. The summed E-state index contributed by atoms with van der Waals surface area (Å²) in [6, 6.07) is 0. The van der Waals surface area contributed by atoms with Gasteiger partial charge in [0.2, 0.25) is 5.82 Å². The molecule has 1 aliphatic carbocycles. The Kier molecular flexibility index (Phi) is 6.65. The third-order valence-corrected chi connectivity index (χ3v) is 5.50. The molecule has 0 heterocycles. The Morgan fingerprint density at radius 1 is 1.07 bits per heavy atom. The molecule has 1 fully saturated rings. The molecule has 0 saturated heterocycles. The van der Waals surface area contributed by atoms with Crippen molar-refractivity contribution in [1.82, 2.24) is 0 Å². The van der Waals surface area contributed by atoms with Crippen LogP contribution in [0.4, 0.5) is 13.2 Å². The van der Waals surface area contributed by atoms with Crippen molar-refractivity contribution in [2.45, 2.75) is 40.7 Å². The quantitative estimate of drug-likeness (QED) is 0.382. The van der Waals surface area contributed by atoms with Gasteiger partial charge >= 0.3 is 11.9 Å². The van der Waals surface area contributed by atoms with Crippen LogP contribution in [0.2, 0.25) is 0 Å². The highest BCUT2D eigenvalue weighted by Crippen LogP contribution is 2.60. The lowest BCUT2D eigenvalue weighted by molar-refractivity contribution is -0.147. The second-order valence-electron chi connectivity index (χ2n) is 7.56. The molecule has 0 spiro atoms. The van der Waals surface area contributed by atoms with Gasteiger partial charge in [-0.1, -0.05) is 26.8 Å². The summed E-state index contributed by atoms with van der Waals surface area (Å²) in [6.07, 6.45) is 1.70. The summed E-state index contributed by atoms with van der Waals surface area (Å²) in [5, 5.41) is 0.